The van der Waals surface area contributed by atoms with E-state index < -0.39 is 11.5 Å². The van der Waals surface area contributed by atoms with Crippen LogP contribution in [0.1, 0.15) is 0 Å². The maximum absolute atomic E-state index is 9.61. The average molecular weight is 159 g/mol. The third-order valence-corrected chi connectivity index (χ3v) is 0.493. The number of rotatable bonds is 2. The van der Waals surface area contributed by atoms with Crippen LogP contribution in [0.5, 0.6) is 0 Å². The summed E-state index contributed by atoms with van der Waals surface area (Å²) >= 11 is 0. The van der Waals surface area contributed by atoms with E-state index in [0.717, 1.165) is 0 Å². The van der Waals surface area contributed by atoms with Crippen LogP contribution in [0.25, 0.3) is 0 Å². The maximum Gasteiger partial charge on any atom is 0.345 e. The Labute approximate surface area is 63.8 Å². The average Bonchev–Trinajstić information content (AvgIpc) is 2.03. The van der Waals surface area contributed by atoms with Crippen LogP contribution < -0.4 is 0 Å². The molecule has 0 aliphatic rings. The van der Waals surface area contributed by atoms with Crippen molar-refractivity contribution in [2.75, 3.05) is 13.2 Å². The lowest BCUT2D eigenvalue weighted by atomic mass is 10.4. The fourth-order valence-corrected chi connectivity index (χ4v) is 0.0478. The normalized spacial score (nSPS) is 7.00. The van der Waals surface area contributed by atoms with E-state index in [2.05, 4.69) is 6.58 Å². The molecule has 0 radical (unpaired) electrons. The van der Waals surface area contributed by atoms with Gasteiger partial charge in [-0.1, -0.05) is 6.58 Å². The molecule has 0 fully saturated rings. The molecule has 0 amide bonds. The van der Waals surface area contributed by atoms with Crippen LogP contribution in [-0.4, -0.2) is 34.5 Å². The van der Waals surface area contributed by atoms with Crippen molar-refractivity contribution in [1.82, 2.24) is 0 Å². The van der Waals surface area contributed by atoms with Gasteiger partial charge < -0.3 is 15.3 Å². The van der Waals surface area contributed by atoms with Crippen LogP contribution in [0, 0.1) is 11.3 Å². The van der Waals surface area contributed by atoms with Gasteiger partial charge in [0.25, 0.3) is 0 Å². The molecule has 0 heterocycles. The number of nitriles is 1. The summed E-state index contributed by atoms with van der Waals surface area (Å²) in [7, 11) is 0. The number of aliphatic hydroxyl groups excluding tert-OH is 2. The zero-order valence-corrected chi connectivity index (χ0v) is 5.82. The quantitative estimate of drug-likeness (QED) is 0.359. The Morgan fingerprint density at radius 3 is 1.82 bits per heavy atom. The van der Waals surface area contributed by atoms with E-state index >= 15 is 0 Å². The zero-order chi connectivity index (χ0) is 9.28. The molecule has 5 heteroatoms. The summed E-state index contributed by atoms with van der Waals surface area (Å²) in [5.41, 5.74) is -0.431. The van der Waals surface area contributed by atoms with Gasteiger partial charge in [-0.15, -0.1) is 0 Å². The number of carboxylic acids is 1. The number of aliphatic hydroxyl groups is 2. The molecule has 11 heavy (non-hydrogen) atoms. The lowest BCUT2D eigenvalue weighted by molar-refractivity contribution is -0.132. The fourth-order valence-electron chi connectivity index (χ4n) is 0.0478. The second kappa shape index (κ2) is 8.62. The molecule has 0 atom stereocenters. The third-order valence-electron chi connectivity index (χ3n) is 0.493. The molecule has 0 saturated heterocycles. The minimum atomic E-state index is -1.26. The zero-order valence-electron chi connectivity index (χ0n) is 5.82. The van der Waals surface area contributed by atoms with E-state index in [-0.39, 0.29) is 13.2 Å². The molecule has 0 unspecified atom stereocenters. The summed E-state index contributed by atoms with van der Waals surface area (Å²) in [5.74, 6) is -1.26. The molecular formula is C6H9NO4. The van der Waals surface area contributed by atoms with Crippen LogP contribution in [0.4, 0.5) is 0 Å². The van der Waals surface area contributed by atoms with Crippen molar-refractivity contribution in [2.24, 2.45) is 0 Å². The van der Waals surface area contributed by atoms with E-state index in [9.17, 15) is 4.79 Å². The highest BCUT2D eigenvalue weighted by Gasteiger charge is 1.97. The SMILES string of the molecule is C=C(C#N)C(=O)O.OCCO. The standard InChI is InChI=1S/C4H3NO2.C2H6O2/c1-3(2-5)4(6)7;3-1-2-4/h1H2,(H,6,7);3-4H,1-2H2. The monoisotopic (exact) mass is 159 g/mol. The molecule has 0 aromatic heterocycles. The van der Waals surface area contributed by atoms with Crippen molar-refractivity contribution >= 4 is 5.97 Å². The van der Waals surface area contributed by atoms with Crippen LogP contribution in [0.2, 0.25) is 0 Å². The van der Waals surface area contributed by atoms with Crippen LogP contribution in [-0.2, 0) is 4.79 Å². The van der Waals surface area contributed by atoms with Gasteiger partial charge in [0.1, 0.15) is 11.6 Å². The Balaban J connectivity index is 0. The second-order valence-electron chi connectivity index (χ2n) is 1.34. The largest absolute Gasteiger partial charge is 0.477 e. The second-order valence-corrected chi connectivity index (χ2v) is 1.34. The third kappa shape index (κ3) is 12.0. The lowest BCUT2D eigenvalue weighted by Crippen LogP contribution is -1.94. The summed E-state index contributed by atoms with van der Waals surface area (Å²) in [6.45, 7) is 2.66. The number of hydrogen-bond acceptors (Lipinski definition) is 4. The van der Waals surface area contributed by atoms with E-state index in [1.165, 1.54) is 6.07 Å². The van der Waals surface area contributed by atoms with E-state index in [1.54, 1.807) is 0 Å². The van der Waals surface area contributed by atoms with E-state index in [4.69, 9.17) is 20.6 Å². The molecule has 0 rings (SSSR count). The minimum Gasteiger partial charge on any atom is -0.477 e. The Hall–Kier alpha value is -1.38. The molecule has 0 aliphatic carbocycles. The molecule has 0 aliphatic heterocycles. The highest BCUT2D eigenvalue weighted by Crippen LogP contribution is 1.81. The van der Waals surface area contributed by atoms with Gasteiger partial charge in [-0.2, -0.15) is 5.26 Å². The predicted octanol–water partition coefficient (Wildman–Crippen LogP) is -0.878. The Morgan fingerprint density at radius 2 is 1.82 bits per heavy atom. The first kappa shape index (κ1) is 12.3. The Morgan fingerprint density at radius 1 is 1.45 bits per heavy atom. The first-order valence-corrected chi connectivity index (χ1v) is 2.64. The van der Waals surface area contributed by atoms with Gasteiger partial charge in [-0.05, 0) is 0 Å². The molecule has 5 nitrogen and oxygen atoms in total. The van der Waals surface area contributed by atoms with Crippen molar-refractivity contribution in [1.29, 1.82) is 5.26 Å². The summed E-state index contributed by atoms with van der Waals surface area (Å²) in [6.07, 6.45) is 0. The molecule has 0 spiro atoms. The molecular weight excluding hydrogens is 150 g/mol. The summed E-state index contributed by atoms with van der Waals surface area (Å²) in [4.78, 5) is 9.61. The Kier molecular flexibility index (Phi) is 9.65. The van der Waals surface area contributed by atoms with Gasteiger partial charge in [-0.3, -0.25) is 0 Å². The van der Waals surface area contributed by atoms with Gasteiger partial charge in [0.2, 0.25) is 0 Å². The van der Waals surface area contributed by atoms with Gasteiger partial charge in [0.15, 0.2) is 0 Å². The van der Waals surface area contributed by atoms with Gasteiger partial charge >= 0.3 is 5.97 Å². The molecule has 0 aromatic carbocycles. The van der Waals surface area contributed by atoms with E-state index in [1.807, 2.05) is 0 Å². The van der Waals surface area contributed by atoms with Crippen LogP contribution >= 0.6 is 0 Å². The predicted molar refractivity (Wildman–Crippen MR) is 36.6 cm³/mol. The molecule has 62 valence electrons. The molecule has 0 saturated carbocycles. The number of carboxylic acid groups (broad SMARTS) is 1. The van der Waals surface area contributed by atoms with Crippen molar-refractivity contribution in [3.8, 4) is 6.07 Å². The van der Waals surface area contributed by atoms with Gasteiger partial charge in [0.05, 0.1) is 13.2 Å². The van der Waals surface area contributed by atoms with Crippen molar-refractivity contribution in [2.45, 2.75) is 0 Å². The lowest BCUT2D eigenvalue weighted by Gasteiger charge is -1.76. The minimum absolute atomic E-state index is 0.125. The number of carbonyl (C=O) groups is 1. The summed E-state index contributed by atoms with van der Waals surface area (Å²) in [5, 5.41) is 30.9. The van der Waals surface area contributed by atoms with Crippen LogP contribution in [0.15, 0.2) is 12.2 Å². The topological polar surface area (TPSA) is 102 Å². The van der Waals surface area contributed by atoms with E-state index in [0.29, 0.717) is 0 Å². The fraction of sp³-hybridized carbons (Fsp3) is 0.333. The van der Waals surface area contributed by atoms with Crippen molar-refractivity contribution in [3.05, 3.63) is 12.2 Å². The highest BCUT2D eigenvalue weighted by molar-refractivity contribution is 5.90. The maximum atomic E-state index is 9.61. The van der Waals surface area contributed by atoms with Crippen molar-refractivity contribution < 1.29 is 20.1 Å². The summed E-state index contributed by atoms with van der Waals surface area (Å²) < 4.78 is 0. The molecule has 0 aromatic rings. The van der Waals surface area contributed by atoms with Gasteiger partial charge in [-0.25, -0.2) is 4.79 Å². The first-order chi connectivity index (χ1) is 5.09. The number of aliphatic carboxylic acids is 1. The number of nitrogens with zero attached hydrogens (tertiary/aromatic N) is 1. The smallest absolute Gasteiger partial charge is 0.345 e. The van der Waals surface area contributed by atoms with Crippen LogP contribution in [0.3, 0.4) is 0 Å². The number of hydrogen-bond donors (Lipinski definition) is 3. The molecule has 0 bridgehead atoms. The molecule has 3 N–H and O–H groups in total. The van der Waals surface area contributed by atoms with Gasteiger partial charge in [0, 0.05) is 0 Å². The summed E-state index contributed by atoms with van der Waals surface area (Å²) in [6, 6.07) is 1.37. The Bertz CT molecular complexity index is 168. The van der Waals surface area contributed by atoms with Crippen molar-refractivity contribution in [3.63, 3.8) is 0 Å². The first-order valence-electron chi connectivity index (χ1n) is 2.64. The highest BCUT2D eigenvalue weighted by atomic mass is 16.4.